The fourth-order valence-corrected chi connectivity index (χ4v) is 3.45. The van der Waals surface area contributed by atoms with Crippen LogP contribution >= 0.6 is 0 Å². The molecular formula is C24H23N3O3. The van der Waals surface area contributed by atoms with Crippen molar-refractivity contribution in [1.82, 2.24) is 5.32 Å². The van der Waals surface area contributed by atoms with Crippen molar-refractivity contribution >= 4 is 23.3 Å². The normalized spacial score (nSPS) is 15.7. The number of carbonyl (C=O) groups excluding carboxylic acids is 2. The Balaban J connectivity index is 1.35. The van der Waals surface area contributed by atoms with Gasteiger partial charge in [0.25, 0.3) is 0 Å². The monoisotopic (exact) mass is 401 g/mol. The molecule has 3 amide bonds. The van der Waals surface area contributed by atoms with Crippen molar-refractivity contribution in [3.05, 3.63) is 90.5 Å². The summed E-state index contributed by atoms with van der Waals surface area (Å²) in [5, 5.41) is 5.79. The zero-order chi connectivity index (χ0) is 20.8. The van der Waals surface area contributed by atoms with Gasteiger partial charge >= 0.3 is 6.03 Å². The Morgan fingerprint density at radius 3 is 2.37 bits per heavy atom. The van der Waals surface area contributed by atoms with Gasteiger partial charge in [-0.1, -0.05) is 54.6 Å². The Bertz CT molecular complexity index is 1010. The zero-order valence-corrected chi connectivity index (χ0v) is 16.5. The van der Waals surface area contributed by atoms with E-state index in [0.717, 1.165) is 17.0 Å². The van der Waals surface area contributed by atoms with E-state index in [1.54, 1.807) is 4.90 Å². The van der Waals surface area contributed by atoms with Gasteiger partial charge in [0.15, 0.2) is 0 Å². The number of urea groups is 1. The first-order valence-corrected chi connectivity index (χ1v) is 9.88. The van der Waals surface area contributed by atoms with Gasteiger partial charge in [0.2, 0.25) is 5.91 Å². The minimum absolute atomic E-state index is 0.00293. The number of rotatable bonds is 6. The van der Waals surface area contributed by atoms with E-state index in [-0.39, 0.29) is 24.4 Å². The number of para-hydroxylation sites is 3. The molecular weight excluding hydrogens is 378 g/mol. The molecule has 0 spiro atoms. The third-order valence-corrected chi connectivity index (χ3v) is 4.93. The highest BCUT2D eigenvalue weighted by atomic mass is 16.5. The van der Waals surface area contributed by atoms with Gasteiger partial charge in [-0.25, -0.2) is 4.79 Å². The smallest absolute Gasteiger partial charge is 0.319 e. The molecule has 1 unspecified atom stereocenters. The number of nitrogens with zero attached hydrogens (tertiary/aromatic N) is 1. The summed E-state index contributed by atoms with van der Waals surface area (Å²) in [7, 11) is 0. The molecule has 1 saturated heterocycles. The average Bonchev–Trinajstić information content (AvgIpc) is 3.14. The van der Waals surface area contributed by atoms with Crippen LogP contribution in [0.3, 0.4) is 0 Å². The number of hydrogen-bond donors (Lipinski definition) is 2. The van der Waals surface area contributed by atoms with Crippen molar-refractivity contribution in [3.8, 4) is 5.75 Å². The average molecular weight is 401 g/mol. The van der Waals surface area contributed by atoms with Crippen LogP contribution in [0.15, 0.2) is 84.9 Å². The molecule has 1 heterocycles. The third-order valence-electron chi connectivity index (χ3n) is 4.93. The van der Waals surface area contributed by atoms with Gasteiger partial charge in [0, 0.05) is 29.9 Å². The predicted octanol–water partition coefficient (Wildman–Crippen LogP) is 4.19. The molecule has 0 aromatic heterocycles. The number of anilines is 2. The van der Waals surface area contributed by atoms with E-state index >= 15 is 0 Å². The van der Waals surface area contributed by atoms with Gasteiger partial charge in [-0.2, -0.15) is 0 Å². The molecule has 1 atom stereocenters. The maximum absolute atomic E-state index is 12.6. The topological polar surface area (TPSA) is 70.7 Å². The van der Waals surface area contributed by atoms with Gasteiger partial charge in [0.1, 0.15) is 12.4 Å². The van der Waals surface area contributed by atoms with Crippen molar-refractivity contribution in [2.24, 2.45) is 0 Å². The lowest BCUT2D eigenvalue weighted by Crippen LogP contribution is -2.39. The van der Waals surface area contributed by atoms with Gasteiger partial charge in [-0.05, 0) is 30.3 Å². The van der Waals surface area contributed by atoms with Gasteiger partial charge < -0.3 is 20.3 Å². The fourth-order valence-electron chi connectivity index (χ4n) is 3.45. The van der Waals surface area contributed by atoms with Crippen LogP contribution in [0, 0.1) is 0 Å². The number of benzene rings is 3. The van der Waals surface area contributed by atoms with Gasteiger partial charge in [0.05, 0.1) is 6.04 Å². The Morgan fingerprint density at radius 2 is 1.60 bits per heavy atom. The largest absolute Gasteiger partial charge is 0.489 e. The Hall–Kier alpha value is -3.80. The molecule has 0 aliphatic carbocycles. The van der Waals surface area contributed by atoms with E-state index in [2.05, 4.69) is 10.6 Å². The van der Waals surface area contributed by atoms with Gasteiger partial charge in [-0.15, -0.1) is 0 Å². The maximum Gasteiger partial charge on any atom is 0.319 e. The van der Waals surface area contributed by atoms with Crippen LogP contribution in [0.25, 0.3) is 0 Å². The van der Waals surface area contributed by atoms with E-state index in [1.807, 2.05) is 84.9 Å². The lowest BCUT2D eigenvalue weighted by molar-refractivity contribution is -0.117. The Morgan fingerprint density at radius 1 is 0.933 bits per heavy atom. The molecule has 0 saturated carbocycles. The Labute approximate surface area is 175 Å². The highest BCUT2D eigenvalue weighted by molar-refractivity contribution is 5.97. The first-order valence-electron chi connectivity index (χ1n) is 9.88. The lowest BCUT2D eigenvalue weighted by atomic mass is 10.2. The standard InChI is InChI=1S/C24H23N3O3/c28-23-15-19(16-27(23)20-10-3-1-4-11-20)25-24(29)26-22-14-8-7-9-18(22)17-30-21-12-5-2-6-13-21/h1-14,19H,15-17H2,(H2,25,26,29). The van der Waals surface area contributed by atoms with Crippen LogP contribution in [0.1, 0.15) is 12.0 Å². The van der Waals surface area contributed by atoms with E-state index < -0.39 is 0 Å². The summed E-state index contributed by atoms with van der Waals surface area (Å²) < 4.78 is 5.80. The number of amides is 3. The molecule has 3 aromatic carbocycles. The van der Waals surface area contributed by atoms with Crippen molar-refractivity contribution in [3.63, 3.8) is 0 Å². The second-order valence-corrected chi connectivity index (χ2v) is 7.10. The number of ether oxygens (including phenoxy) is 1. The molecule has 6 heteroatoms. The van der Waals surface area contributed by atoms with Crippen LogP contribution in [0.4, 0.5) is 16.2 Å². The fraction of sp³-hybridized carbons (Fsp3) is 0.167. The van der Waals surface area contributed by atoms with Crippen LogP contribution in [0.5, 0.6) is 5.75 Å². The van der Waals surface area contributed by atoms with Crippen LogP contribution < -0.4 is 20.3 Å². The summed E-state index contributed by atoms with van der Waals surface area (Å²) in [5.41, 5.74) is 2.38. The molecule has 2 N–H and O–H groups in total. The molecule has 4 rings (SSSR count). The van der Waals surface area contributed by atoms with Crippen LogP contribution in [-0.2, 0) is 11.4 Å². The summed E-state index contributed by atoms with van der Waals surface area (Å²) in [6.07, 6.45) is 0.279. The number of carbonyl (C=O) groups is 2. The maximum atomic E-state index is 12.6. The van der Waals surface area contributed by atoms with Crippen molar-refractivity contribution < 1.29 is 14.3 Å². The second kappa shape index (κ2) is 9.13. The minimum atomic E-state index is -0.338. The molecule has 1 aliphatic heterocycles. The third kappa shape index (κ3) is 4.78. The summed E-state index contributed by atoms with van der Waals surface area (Å²) >= 11 is 0. The van der Waals surface area contributed by atoms with E-state index in [4.69, 9.17) is 4.74 Å². The number of nitrogens with one attached hydrogen (secondary N) is 2. The van der Waals surface area contributed by atoms with Crippen LogP contribution in [-0.4, -0.2) is 24.5 Å². The molecule has 30 heavy (non-hydrogen) atoms. The van der Waals surface area contributed by atoms with Crippen molar-refractivity contribution in [2.75, 3.05) is 16.8 Å². The first-order chi connectivity index (χ1) is 14.7. The quantitative estimate of drug-likeness (QED) is 0.651. The van der Waals surface area contributed by atoms with Crippen molar-refractivity contribution in [2.45, 2.75) is 19.1 Å². The predicted molar refractivity (Wildman–Crippen MR) is 117 cm³/mol. The molecule has 6 nitrogen and oxygen atoms in total. The van der Waals surface area contributed by atoms with E-state index in [1.165, 1.54) is 0 Å². The molecule has 152 valence electrons. The number of hydrogen-bond acceptors (Lipinski definition) is 3. The molecule has 1 fully saturated rings. The van der Waals surface area contributed by atoms with Gasteiger partial charge in [-0.3, -0.25) is 4.79 Å². The summed E-state index contributed by atoms with van der Waals surface area (Å²) in [6.45, 7) is 0.791. The molecule has 0 bridgehead atoms. The molecule has 1 aliphatic rings. The highest BCUT2D eigenvalue weighted by Crippen LogP contribution is 2.22. The van der Waals surface area contributed by atoms with Crippen LogP contribution in [0.2, 0.25) is 0 Å². The molecule has 0 radical (unpaired) electrons. The van der Waals surface area contributed by atoms with Crippen molar-refractivity contribution in [1.29, 1.82) is 0 Å². The summed E-state index contributed by atoms with van der Waals surface area (Å²) in [4.78, 5) is 26.6. The Kier molecular flexibility index (Phi) is 5.94. The van der Waals surface area contributed by atoms with E-state index in [0.29, 0.717) is 18.8 Å². The second-order valence-electron chi connectivity index (χ2n) is 7.10. The zero-order valence-electron chi connectivity index (χ0n) is 16.5. The summed E-state index contributed by atoms with van der Waals surface area (Å²) in [6, 6.07) is 25.9. The molecule has 3 aromatic rings. The lowest BCUT2D eigenvalue weighted by Gasteiger charge is -2.18. The minimum Gasteiger partial charge on any atom is -0.489 e. The van der Waals surface area contributed by atoms with E-state index in [9.17, 15) is 9.59 Å². The SMILES string of the molecule is O=C(Nc1ccccc1COc1ccccc1)NC1CC(=O)N(c2ccccc2)C1. The highest BCUT2D eigenvalue weighted by Gasteiger charge is 2.31. The first kappa shape index (κ1) is 19.5. The summed E-state index contributed by atoms with van der Waals surface area (Å²) in [5.74, 6) is 0.769.